The minimum Gasteiger partial charge on any atom is -0.329 e. The molecule has 0 atom stereocenters. The van der Waals surface area contributed by atoms with Gasteiger partial charge in [-0.05, 0) is 55.8 Å². The van der Waals surface area contributed by atoms with E-state index in [0.717, 1.165) is 16.6 Å². The molecular formula is C22H18ClF2N5. The molecule has 0 aliphatic carbocycles. The topological polar surface area (TPSA) is 46.3 Å². The van der Waals surface area contributed by atoms with Crippen LogP contribution in [0.15, 0.2) is 48.5 Å². The Hall–Kier alpha value is -3.24. The molecule has 0 unspecified atom stereocenters. The molecule has 4 aromatic rings. The summed E-state index contributed by atoms with van der Waals surface area (Å²) in [6.07, 6.45) is -2.52. The van der Waals surface area contributed by atoms with Crippen LogP contribution >= 0.6 is 11.6 Å². The van der Waals surface area contributed by atoms with Gasteiger partial charge < -0.3 is 4.90 Å². The van der Waals surface area contributed by atoms with Gasteiger partial charge in [0.05, 0.1) is 10.9 Å². The standard InChI is InChI=1S/C22H18ClF2N5/c1-22(2,19(24)25)12-11-14-7-6-8-15(13-14)29(3)18-16-9-4-5-10-17(16)30-20(23)27-28-21(30)26-18/h4-10,13,19H,1-3H3. The summed E-state index contributed by atoms with van der Waals surface area (Å²) in [6.45, 7) is 2.85. The van der Waals surface area contributed by atoms with Gasteiger partial charge in [0, 0.05) is 23.7 Å². The molecule has 2 aromatic carbocycles. The molecular weight excluding hydrogens is 408 g/mol. The van der Waals surface area contributed by atoms with Gasteiger partial charge in [-0.15, -0.1) is 10.2 Å². The van der Waals surface area contributed by atoms with E-state index in [-0.39, 0.29) is 5.28 Å². The molecule has 0 saturated carbocycles. The lowest BCUT2D eigenvalue weighted by atomic mass is 9.95. The van der Waals surface area contributed by atoms with Crippen LogP contribution < -0.4 is 4.90 Å². The largest absolute Gasteiger partial charge is 0.329 e. The molecule has 5 nitrogen and oxygen atoms in total. The maximum absolute atomic E-state index is 13.1. The number of anilines is 2. The van der Waals surface area contributed by atoms with E-state index in [1.165, 1.54) is 13.8 Å². The first-order valence-electron chi connectivity index (χ1n) is 9.22. The zero-order valence-electron chi connectivity index (χ0n) is 16.6. The number of benzene rings is 2. The van der Waals surface area contributed by atoms with Gasteiger partial charge in [-0.1, -0.05) is 30.0 Å². The minimum atomic E-state index is -2.52. The van der Waals surface area contributed by atoms with E-state index in [1.807, 2.05) is 54.4 Å². The predicted molar refractivity (Wildman–Crippen MR) is 114 cm³/mol. The molecule has 152 valence electrons. The smallest absolute Gasteiger partial charge is 0.258 e. The van der Waals surface area contributed by atoms with Crippen molar-refractivity contribution in [1.82, 2.24) is 19.6 Å². The van der Waals surface area contributed by atoms with E-state index in [4.69, 9.17) is 11.6 Å². The number of aromatic nitrogens is 4. The van der Waals surface area contributed by atoms with Crippen molar-refractivity contribution in [3.05, 3.63) is 59.4 Å². The van der Waals surface area contributed by atoms with Crippen molar-refractivity contribution in [1.29, 1.82) is 0 Å². The Kier molecular flexibility index (Phi) is 5.04. The van der Waals surface area contributed by atoms with Crippen molar-refractivity contribution in [2.75, 3.05) is 11.9 Å². The summed E-state index contributed by atoms with van der Waals surface area (Å²) in [6, 6.07) is 15.1. The highest BCUT2D eigenvalue weighted by Gasteiger charge is 2.27. The van der Waals surface area contributed by atoms with E-state index in [2.05, 4.69) is 27.0 Å². The van der Waals surface area contributed by atoms with Crippen molar-refractivity contribution in [3.63, 3.8) is 0 Å². The Labute approximate surface area is 177 Å². The fourth-order valence-corrected chi connectivity index (χ4v) is 3.21. The molecule has 0 radical (unpaired) electrons. The molecule has 2 heterocycles. The fourth-order valence-electron chi connectivity index (χ4n) is 3.01. The van der Waals surface area contributed by atoms with E-state index < -0.39 is 11.8 Å². The molecule has 0 fully saturated rings. The van der Waals surface area contributed by atoms with Gasteiger partial charge in [-0.3, -0.25) is 0 Å². The summed E-state index contributed by atoms with van der Waals surface area (Å²) < 4.78 is 27.8. The van der Waals surface area contributed by atoms with Gasteiger partial charge in [-0.2, -0.15) is 4.98 Å². The number of fused-ring (bicyclic) bond motifs is 3. The van der Waals surface area contributed by atoms with Gasteiger partial charge in [-0.25, -0.2) is 13.2 Å². The van der Waals surface area contributed by atoms with Crippen molar-refractivity contribution in [2.24, 2.45) is 5.41 Å². The van der Waals surface area contributed by atoms with Crippen molar-refractivity contribution in [2.45, 2.75) is 20.3 Å². The van der Waals surface area contributed by atoms with E-state index in [9.17, 15) is 8.78 Å². The second kappa shape index (κ2) is 7.54. The number of hydrogen-bond acceptors (Lipinski definition) is 4. The van der Waals surface area contributed by atoms with Crippen LogP contribution in [0.1, 0.15) is 19.4 Å². The molecule has 0 aliphatic rings. The zero-order valence-corrected chi connectivity index (χ0v) is 17.3. The number of para-hydroxylation sites is 1. The Bertz CT molecular complexity index is 1300. The monoisotopic (exact) mass is 425 g/mol. The van der Waals surface area contributed by atoms with Gasteiger partial charge in [0.15, 0.2) is 0 Å². The van der Waals surface area contributed by atoms with Crippen LogP contribution in [-0.4, -0.2) is 33.1 Å². The van der Waals surface area contributed by atoms with Crippen LogP contribution in [0.2, 0.25) is 5.28 Å². The third kappa shape index (κ3) is 3.55. The first-order chi connectivity index (χ1) is 14.3. The Morgan fingerprint density at radius 1 is 1.10 bits per heavy atom. The number of rotatable bonds is 3. The molecule has 0 amide bonds. The second-order valence-electron chi connectivity index (χ2n) is 7.44. The Morgan fingerprint density at radius 2 is 1.87 bits per heavy atom. The first-order valence-corrected chi connectivity index (χ1v) is 9.60. The Morgan fingerprint density at radius 3 is 2.63 bits per heavy atom. The maximum atomic E-state index is 13.1. The van der Waals surface area contributed by atoms with E-state index in [0.29, 0.717) is 17.2 Å². The highest BCUT2D eigenvalue weighted by atomic mass is 35.5. The van der Waals surface area contributed by atoms with E-state index in [1.54, 1.807) is 10.5 Å². The van der Waals surface area contributed by atoms with Gasteiger partial charge >= 0.3 is 0 Å². The minimum absolute atomic E-state index is 0.238. The molecule has 30 heavy (non-hydrogen) atoms. The van der Waals surface area contributed by atoms with Crippen molar-refractivity contribution in [3.8, 4) is 11.8 Å². The Balaban J connectivity index is 1.80. The predicted octanol–water partition coefficient (Wildman–Crippen LogP) is 5.34. The SMILES string of the molecule is CN(c1cccc(C#CC(C)(C)C(F)F)c1)c1nc2nnc(Cl)n2c2ccccc12. The van der Waals surface area contributed by atoms with Gasteiger partial charge in [0.2, 0.25) is 5.28 Å². The number of nitrogens with zero attached hydrogens (tertiary/aromatic N) is 5. The fraction of sp³-hybridized carbons (Fsp3) is 0.227. The molecule has 4 rings (SSSR count). The van der Waals surface area contributed by atoms with Crippen LogP contribution in [0.5, 0.6) is 0 Å². The highest BCUT2D eigenvalue weighted by Crippen LogP contribution is 2.31. The summed E-state index contributed by atoms with van der Waals surface area (Å²) in [5.41, 5.74) is 0.903. The third-order valence-electron chi connectivity index (χ3n) is 4.82. The van der Waals surface area contributed by atoms with Gasteiger partial charge in [0.25, 0.3) is 12.2 Å². The molecule has 0 spiro atoms. The molecule has 0 N–H and O–H groups in total. The molecule has 0 bridgehead atoms. The molecule has 0 saturated heterocycles. The molecule has 0 aliphatic heterocycles. The highest BCUT2D eigenvalue weighted by molar-refractivity contribution is 6.29. The van der Waals surface area contributed by atoms with Crippen molar-refractivity contribution >= 4 is 39.8 Å². The number of hydrogen-bond donors (Lipinski definition) is 0. The summed E-state index contributed by atoms with van der Waals surface area (Å²) >= 11 is 6.18. The lowest BCUT2D eigenvalue weighted by molar-refractivity contribution is 0.0570. The van der Waals surface area contributed by atoms with E-state index >= 15 is 0 Å². The van der Waals surface area contributed by atoms with Crippen molar-refractivity contribution < 1.29 is 8.78 Å². The van der Waals surface area contributed by atoms with Crippen LogP contribution in [0, 0.1) is 17.3 Å². The summed E-state index contributed by atoms with van der Waals surface area (Å²) in [4.78, 5) is 6.53. The molecule has 2 aromatic heterocycles. The molecule has 8 heteroatoms. The first kappa shape index (κ1) is 20.0. The maximum Gasteiger partial charge on any atom is 0.258 e. The summed E-state index contributed by atoms with van der Waals surface area (Å²) in [7, 11) is 1.87. The third-order valence-corrected chi connectivity index (χ3v) is 5.07. The number of alkyl halides is 2. The quantitative estimate of drug-likeness (QED) is 0.415. The zero-order chi connectivity index (χ0) is 21.5. The van der Waals surface area contributed by atoms with Crippen LogP contribution in [-0.2, 0) is 0 Å². The average molecular weight is 426 g/mol. The van der Waals surface area contributed by atoms with Crippen LogP contribution in [0.4, 0.5) is 20.3 Å². The lowest BCUT2D eigenvalue weighted by Gasteiger charge is -2.21. The number of halogens is 3. The van der Waals surface area contributed by atoms with Crippen LogP contribution in [0.3, 0.4) is 0 Å². The second-order valence-corrected chi connectivity index (χ2v) is 7.78. The van der Waals surface area contributed by atoms with Crippen LogP contribution in [0.25, 0.3) is 16.7 Å². The average Bonchev–Trinajstić information content (AvgIpc) is 3.12. The normalized spacial score (nSPS) is 11.7. The lowest BCUT2D eigenvalue weighted by Crippen LogP contribution is -2.19. The summed E-state index contributed by atoms with van der Waals surface area (Å²) in [5, 5.41) is 9.06. The summed E-state index contributed by atoms with van der Waals surface area (Å²) in [5.74, 6) is 6.58. The van der Waals surface area contributed by atoms with Gasteiger partial charge in [0.1, 0.15) is 5.82 Å².